The zero-order chi connectivity index (χ0) is 10.8. The first-order valence-electron chi connectivity index (χ1n) is 4.09. The van der Waals surface area contributed by atoms with Gasteiger partial charge in [-0.25, -0.2) is 9.67 Å². The van der Waals surface area contributed by atoms with E-state index in [1.54, 1.807) is 12.1 Å². The summed E-state index contributed by atoms with van der Waals surface area (Å²) < 4.78 is 1.44. The molecule has 7 heteroatoms. The highest BCUT2D eigenvalue weighted by Gasteiger charge is 2.05. The highest BCUT2D eigenvalue weighted by Crippen LogP contribution is 2.14. The quantitative estimate of drug-likeness (QED) is 0.576. The van der Waals surface area contributed by atoms with Crippen molar-refractivity contribution < 1.29 is 4.92 Å². The molecule has 15 heavy (non-hydrogen) atoms. The third kappa shape index (κ3) is 1.75. The molecule has 2 N–H and O–H groups in total. The van der Waals surface area contributed by atoms with Crippen LogP contribution in [0.1, 0.15) is 0 Å². The van der Waals surface area contributed by atoms with Crippen molar-refractivity contribution in [1.29, 1.82) is 0 Å². The summed E-state index contributed by atoms with van der Waals surface area (Å²) in [6.45, 7) is 0. The predicted molar refractivity (Wildman–Crippen MR) is 52.4 cm³/mol. The average molecular weight is 205 g/mol. The van der Waals surface area contributed by atoms with Gasteiger partial charge in [0.25, 0.3) is 5.69 Å². The van der Waals surface area contributed by atoms with Gasteiger partial charge in [-0.15, -0.1) is 5.10 Å². The molecule has 0 aliphatic carbocycles. The Balaban J connectivity index is 2.35. The molecule has 1 heterocycles. The second kappa shape index (κ2) is 3.37. The largest absolute Gasteiger partial charge is 0.366 e. The minimum atomic E-state index is -0.459. The number of nitrogens with zero attached hydrogens (tertiary/aromatic N) is 4. The van der Waals surface area contributed by atoms with Crippen LogP contribution < -0.4 is 5.73 Å². The van der Waals surface area contributed by atoms with Gasteiger partial charge in [-0.2, -0.15) is 0 Å². The summed E-state index contributed by atoms with van der Waals surface area (Å²) in [5, 5.41) is 14.3. The Bertz CT molecular complexity index is 490. The van der Waals surface area contributed by atoms with Crippen molar-refractivity contribution in [2.75, 3.05) is 5.73 Å². The SMILES string of the molecule is Nc1ncn(-c2ccc([N+](=O)[O-])cc2)n1. The highest BCUT2D eigenvalue weighted by atomic mass is 16.6. The average Bonchev–Trinajstić information content (AvgIpc) is 2.65. The number of non-ortho nitro benzene ring substituents is 1. The summed E-state index contributed by atoms with van der Waals surface area (Å²) in [6, 6.07) is 5.94. The summed E-state index contributed by atoms with van der Waals surface area (Å²) >= 11 is 0. The van der Waals surface area contributed by atoms with Gasteiger partial charge in [-0.05, 0) is 12.1 Å². The number of nitro benzene ring substituents is 1. The van der Waals surface area contributed by atoms with Gasteiger partial charge >= 0.3 is 0 Å². The predicted octanol–water partition coefficient (Wildman–Crippen LogP) is 0.758. The number of benzene rings is 1. The zero-order valence-corrected chi connectivity index (χ0v) is 7.57. The van der Waals surface area contributed by atoms with Crippen LogP contribution in [-0.4, -0.2) is 19.7 Å². The Kier molecular flexibility index (Phi) is 2.05. The van der Waals surface area contributed by atoms with E-state index in [-0.39, 0.29) is 11.6 Å². The Labute approximate surface area is 84.3 Å². The molecule has 0 bridgehead atoms. The van der Waals surface area contributed by atoms with Crippen molar-refractivity contribution in [3.05, 3.63) is 40.7 Å². The molecule has 0 atom stereocenters. The third-order valence-corrected chi connectivity index (χ3v) is 1.83. The number of anilines is 1. The van der Waals surface area contributed by atoms with E-state index in [4.69, 9.17) is 5.73 Å². The lowest BCUT2D eigenvalue weighted by molar-refractivity contribution is -0.384. The van der Waals surface area contributed by atoms with Crippen LogP contribution in [0.5, 0.6) is 0 Å². The maximum Gasteiger partial charge on any atom is 0.269 e. The normalized spacial score (nSPS) is 10.1. The van der Waals surface area contributed by atoms with Gasteiger partial charge < -0.3 is 5.73 Å². The van der Waals surface area contributed by atoms with E-state index in [0.717, 1.165) is 0 Å². The van der Waals surface area contributed by atoms with Crippen LogP contribution in [0.15, 0.2) is 30.6 Å². The van der Waals surface area contributed by atoms with Crippen LogP contribution in [0.25, 0.3) is 5.69 Å². The third-order valence-electron chi connectivity index (χ3n) is 1.83. The lowest BCUT2D eigenvalue weighted by Gasteiger charge is -1.98. The summed E-state index contributed by atoms with van der Waals surface area (Å²) in [6.07, 6.45) is 1.44. The molecule has 0 saturated carbocycles. The van der Waals surface area contributed by atoms with Crippen LogP contribution in [0.2, 0.25) is 0 Å². The molecule has 0 spiro atoms. The molecule has 1 aromatic carbocycles. The fraction of sp³-hybridized carbons (Fsp3) is 0. The van der Waals surface area contributed by atoms with E-state index in [1.165, 1.54) is 23.1 Å². The van der Waals surface area contributed by atoms with Gasteiger partial charge in [0.15, 0.2) is 0 Å². The molecule has 1 aromatic heterocycles. The molecular weight excluding hydrogens is 198 g/mol. The molecule has 0 amide bonds. The first kappa shape index (κ1) is 9.13. The molecule has 76 valence electrons. The molecule has 0 fully saturated rings. The van der Waals surface area contributed by atoms with Crippen LogP contribution in [0.3, 0.4) is 0 Å². The van der Waals surface area contributed by atoms with Gasteiger partial charge in [0.05, 0.1) is 10.6 Å². The summed E-state index contributed by atoms with van der Waals surface area (Å²) in [4.78, 5) is 13.7. The fourth-order valence-corrected chi connectivity index (χ4v) is 1.13. The van der Waals surface area contributed by atoms with Crippen molar-refractivity contribution in [2.45, 2.75) is 0 Å². The summed E-state index contributed by atoms with van der Waals surface area (Å²) in [5.74, 6) is 0.161. The van der Waals surface area contributed by atoms with Crippen LogP contribution >= 0.6 is 0 Å². The van der Waals surface area contributed by atoms with Crippen molar-refractivity contribution in [3.63, 3.8) is 0 Å². The zero-order valence-electron chi connectivity index (χ0n) is 7.57. The van der Waals surface area contributed by atoms with Crippen molar-refractivity contribution in [3.8, 4) is 5.69 Å². The topological polar surface area (TPSA) is 99.9 Å². The first-order chi connectivity index (χ1) is 7.16. The molecule has 2 rings (SSSR count). The van der Waals surface area contributed by atoms with E-state index in [1.807, 2.05) is 0 Å². The minimum absolute atomic E-state index is 0.0341. The van der Waals surface area contributed by atoms with Gasteiger partial charge in [0, 0.05) is 12.1 Å². The van der Waals surface area contributed by atoms with E-state index < -0.39 is 4.92 Å². The highest BCUT2D eigenvalue weighted by molar-refractivity contribution is 5.40. The second-order valence-corrected chi connectivity index (χ2v) is 2.82. The summed E-state index contributed by atoms with van der Waals surface area (Å²) in [7, 11) is 0. The number of nitrogen functional groups attached to an aromatic ring is 1. The Morgan fingerprint density at radius 3 is 2.47 bits per heavy atom. The van der Waals surface area contributed by atoms with Gasteiger partial charge in [-0.3, -0.25) is 10.1 Å². The van der Waals surface area contributed by atoms with E-state index in [9.17, 15) is 10.1 Å². The molecule has 0 saturated heterocycles. The number of rotatable bonds is 2. The number of nitro groups is 1. The minimum Gasteiger partial charge on any atom is -0.366 e. The lowest BCUT2D eigenvalue weighted by Crippen LogP contribution is -1.96. The van der Waals surface area contributed by atoms with Crippen LogP contribution in [0.4, 0.5) is 11.6 Å². The number of hydrogen-bond acceptors (Lipinski definition) is 5. The maximum absolute atomic E-state index is 10.4. The van der Waals surface area contributed by atoms with Gasteiger partial charge in [0.2, 0.25) is 5.95 Å². The molecule has 0 unspecified atom stereocenters. The number of nitrogens with two attached hydrogens (primary N) is 1. The monoisotopic (exact) mass is 205 g/mol. The molecule has 2 aromatic rings. The lowest BCUT2D eigenvalue weighted by atomic mass is 10.3. The van der Waals surface area contributed by atoms with Gasteiger partial charge in [-0.1, -0.05) is 0 Å². The maximum atomic E-state index is 10.4. The number of aromatic nitrogens is 3. The first-order valence-corrected chi connectivity index (χ1v) is 4.09. The second-order valence-electron chi connectivity index (χ2n) is 2.82. The van der Waals surface area contributed by atoms with Crippen LogP contribution in [-0.2, 0) is 0 Å². The van der Waals surface area contributed by atoms with Crippen molar-refractivity contribution in [1.82, 2.24) is 14.8 Å². The van der Waals surface area contributed by atoms with E-state index in [2.05, 4.69) is 10.1 Å². The van der Waals surface area contributed by atoms with E-state index >= 15 is 0 Å². The molecule has 0 aliphatic rings. The molecule has 0 aliphatic heterocycles. The van der Waals surface area contributed by atoms with Gasteiger partial charge in [0.1, 0.15) is 6.33 Å². The molecule has 0 radical (unpaired) electrons. The molecule has 7 nitrogen and oxygen atoms in total. The standard InChI is InChI=1S/C8H7N5O2/c9-8-10-5-12(11-8)6-1-3-7(4-2-6)13(14)15/h1-5H,(H2,9,11). The fourth-order valence-electron chi connectivity index (χ4n) is 1.13. The van der Waals surface area contributed by atoms with Crippen molar-refractivity contribution in [2.24, 2.45) is 0 Å². The Morgan fingerprint density at radius 2 is 2.00 bits per heavy atom. The summed E-state index contributed by atoms with van der Waals surface area (Å²) in [5.41, 5.74) is 6.05. The smallest absolute Gasteiger partial charge is 0.269 e. The molecular formula is C8H7N5O2. The van der Waals surface area contributed by atoms with E-state index in [0.29, 0.717) is 5.69 Å². The number of hydrogen-bond donors (Lipinski definition) is 1. The van der Waals surface area contributed by atoms with Crippen LogP contribution in [0, 0.1) is 10.1 Å². The van der Waals surface area contributed by atoms with Crippen molar-refractivity contribution >= 4 is 11.6 Å². The Morgan fingerprint density at radius 1 is 1.33 bits per heavy atom. The Hall–Kier alpha value is -2.44.